The van der Waals surface area contributed by atoms with Crippen LogP contribution in [0, 0.1) is 0 Å². The molecule has 0 radical (unpaired) electrons. The summed E-state index contributed by atoms with van der Waals surface area (Å²) < 4.78 is 10.7. The zero-order chi connectivity index (χ0) is 13.0. The standard InChI is InChI=1S/C14H11ClO3/c1-17-12-4-6-13(7-5-12)18-14-8-11(15)3-2-10(14)9-16/h2-9H,1H3. The van der Waals surface area contributed by atoms with Crippen LogP contribution in [0.2, 0.25) is 5.02 Å². The largest absolute Gasteiger partial charge is 0.497 e. The Balaban J connectivity index is 2.27. The molecule has 0 amide bonds. The van der Waals surface area contributed by atoms with Crippen LogP contribution in [-0.4, -0.2) is 13.4 Å². The van der Waals surface area contributed by atoms with Gasteiger partial charge in [-0.3, -0.25) is 4.79 Å². The molecule has 0 N–H and O–H groups in total. The smallest absolute Gasteiger partial charge is 0.153 e. The van der Waals surface area contributed by atoms with Gasteiger partial charge in [0.2, 0.25) is 0 Å². The van der Waals surface area contributed by atoms with Crippen LogP contribution in [0.3, 0.4) is 0 Å². The van der Waals surface area contributed by atoms with E-state index in [1.54, 1.807) is 49.6 Å². The molecule has 0 saturated heterocycles. The maximum Gasteiger partial charge on any atom is 0.153 e. The average Bonchev–Trinajstić information content (AvgIpc) is 2.40. The lowest BCUT2D eigenvalue weighted by Crippen LogP contribution is -1.90. The Morgan fingerprint density at radius 1 is 1.06 bits per heavy atom. The number of ether oxygens (including phenoxy) is 2. The summed E-state index contributed by atoms with van der Waals surface area (Å²) in [6, 6.07) is 11.9. The normalized spacial score (nSPS) is 9.89. The molecule has 0 bridgehead atoms. The van der Waals surface area contributed by atoms with Gasteiger partial charge in [-0.25, -0.2) is 0 Å². The number of halogens is 1. The number of hydrogen-bond donors (Lipinski definition) is 0. The Morgan fingerprint density at radius 3 is 2.33 bits per heavy atom. The van der Waals surface area contributed by atoms with Crippen LogP contribution >= 0.6 is 11.6 Å². The number of methoxy groups -OCH3 is 1. The highest BCUT2D eigenvalue weighted by Crippen LogP contribution is 2.28. The molecule has 18 heavy (non-hydrogen) atoms. The van der Waals surface area contributed by atoms with Gasteiger partial charge in [-0.1, -0.05) is 11.6 Å². The monoisotopic (exact) mass is 262 g/mol. The summed E-state index contributed by atoms with van der Waals surface area (Å²) >= 11 is 5.87. The van der Waals surface area contributed by atoms with Crippen LogP contribution in [0.25, 0.3) is 0 Å². The molecule has 0 saturated carbocycles. The summed E-state index contributed by atoms with van der Waals surface area (Å²) in [6.07, 6.45) is 0.731. The van der Waals surface area contributed by atoms with E-state index in [9.17, 15) is 4.79 Å². The number of aldehydes is 1. The molecule has 2 aromatic rings. The summed E-state index contributed by atoms with van der Waals surface area (Å²) in [6.45, 7) is 0. The van der Waals surface area contributed by atoms with E-state index >= 15 is 0 Å². The topological polar surface area (TPSA) is 35.5 Å². The van der Waals surface area contributed by atoms with Crippen LogP contribution in [-0.2, 0) is 0 Å². The minimum Gasteiger partial charge on any atom is -0.497 e. The van der Waals surface area contributed by atoms with Crippen LogP contribution in [0.1, 0.15) is 10.4 Å². The quantitative estimate of drug-likeness (QED) is 0.783. The molecule has 0 atom stereocenters. The summed E-state index contributed by atoms with van der Waals surface area (Å²) in [5.74, 6) is 1.79. The van der Waals surface area contributed by atoms with Gasteiger partial charge < -0.3 is 9.47 Å². The minimum absolute atomic E-state index is 0.433. The van der Waals surface area contributed by atoms with Crippen molar-refractivity contribution in [3.8, 4) is 17.2 Å². The number of rotatable bonds is 4. The third-order valence-corrected chi connectivity index (χ3v) is 2.62. The van der Waals surface area contributed by atoms with Crippen molar-refractivity contribution in [3.05, 3.63) is 53.1 Å². The molecule has 0 heterocycles. The molecule has 0 aliphatic carbocycles. The average molecular weight is 263 g/mol. The molecule has 92 valence electrons. The van der Waals surface area contributed by atoms with Crippen molar-refractivity contribution in [1.29, 1.82) is 0 Å². The third kappa shape index (κ3) is 2.81. The van der Waals surface area contributed by atoms with Crippen LogP contribution in [0.15, 0.2) is 42.5 Å². The van der Waals surface area contributed by atoms with Crippen LogP contribution < -0.4 is 9.47 Å². The van der Waals surface area contributed by atoms with Crippen molar-refractivity contribution in [2.24, 2.45) is 0 Å². The number of hydrogen-bond acceptors (Lipinski definition) is 3. The van der Waals surface area contributed by atoms with Crippen LogP contribution in [0.4, 0.5) is 0 Å². The fraction of sp³-hybridized carbons (Fsp3) is 0.0714. The van der Waals surface area contributed by atoms with E-state index in [4.69, 9.17) is 21.1 Å². The number of carbonyl (C=O) groups is 1. The fourth-order valence-corrected chi connectivity index (χ4v) is 1.63. The second kappa shape index (κ2) is 5.56. The molecule has 0 fully saturated rings. The van der Waals surface area contributed by atoms with Crippen molar-refractivity contribution in [2.45, 2.75) is 0 Å². The maximum absolute atomic E-state index is 10.9. The Bertz CT molecular complexity index is 549. The van der Waals surface area contributed by atoms with Crippen molar-refractivity contribution < 1.29 is 14.3 Å². The Labute approximate surface area is 110 Å². The van der Waals surface area contributed by atoms with Gasteiger partial charge in [0, 0.05) is 11.1 Å². The van der Waals surface area contributed by atoms with Gasteiger partial charge >= 0.3 is 0 Å². The van der Waals surface area contributed by atoms with Crippen molar-refractivity contribution in [1.82, 2.24) is 0 Å². The molecule has 3 nitrogen and oxygen atoms in total. The van der Waals surface area contributed by atoms with E-state index < -0.39 is 0 Å². The Kier molecular flexibility index (Phi) is 3.85. The molecule has 2 rings (SSSR count). The summed E-state index contributed by atoms with van der Waals surface area (Å²) in [5.41, 5.74) is 0.454. The molecule has 0 spiro atoms. The second-order valence-corrected chi connectivity index (χ2v) is 4.01. The summed E-state index contributed by atoms with van der Waals surface area (Å²) in [7, 11) is 1.59. The first-order valence-electron chi connectivity index (χ1n) is 5.29. The Morgan fingerprint density at radius 2 is 1.72 bits per heavy atom. The Hall–Kier alpha value is -2.00. The van der Waals surface area contributed by atoms with Crippen LogP contribution in [0.5, 0.6) is 17.2 Å². The van der Waals surface area contributed by atoms with Gasteiger partial charge in [0.25, 0.3) is 0 Å². The predicted octanol–water partition coefficient (Wildman–Crippen LogP) is 3.95. The van der Waals surface area contributed by atoms with Crippen molar-refractivity contribution in [2.75, 3.05) is 7.11 Å². The van der Waals surface area contributed by atoms with E-state index in [1.165, 1.54) is 0 Å². The lowest BCUT2D eigenvalue weighted by molar-refractivity contribution is 0.112. The minimum atomic E-state index is 0.433. The summed E-state index contributed by atoms with van der Waals surface area (Å²) in [4.78, 5) is 10.9. The SMILES string of the molecule is COc1ccc(Oc2cc(Cl)ccc2C=O)cc1. The molecular formula is C14H11ClO3. The number of benzene rings is 2. The van der Waals surface area contributed by atoms with Gasteiger partial charge in [-0.05, 0) is 36.4 Å². The van der Waals surface area contributed by atoms with Gasteiger partial charge in [0.1, 0.15) is 17.2 Å². The molecular weight excluding hydrogens is 252 g/mol. The van der Waals surface area contributed by atoms with E-state index in [0.29, 0.717) is 22.1 Å². The number of carbonyl (C=O) groups excluding carboxylic acids is 1. The zero-order valence-electron chi connectivity index (χ0n) is 9.72. The highest BCUT2D eigenvalue weighted by molar-refractivity contribution is 6.30. The molecule has 0 aliphatic heterocycles. The zero-order valence-corrected chi connectivity index (χ0v) is 10.5. The predicted molar refractivity (Wildman–Crippen MR) is 69.9 cm³/mol. The first-order valence-corrected chi connectivity index (χ1v) is 5.67. The fourth-order valence-electron chi connectivity index (χ4n) is 1.46. The van der Waals surface area contributed by atoms with Gasteiger partial charge in [0.05, 0.1) is 12.7 Å². The van der Waals surface area contributed by atoms with E-state index in [-0.39, 0.29) is 0 Å². The maximum atomic E-state index is 10.9. The van der Waals surface area contributed by atoms with Crippen molar-refractivity contribution >= 4 is 17.9 Å². The van der Waals surface area contributed by atoms with E-state index in [0.717, 1.165) is 12.0 Å². The second-order valence-electron chi connectivity index (χ2n) is 3.58. The van der Waals surface area contributed by atoms with Crippen molar-refractivity contribution in [3.63, 3.8) is 0 Å². The van der Waals surface area contributed by atoms with E-state index in [1.807, 2.05) is 0 Å². The molecule has 0 unspecified atom stereocenters. The molecule has 4 heteroatoms. The van der Waals surface area contributed by atoms with Gasteiger partial charge in [-0.15, -0.1) is 0 Å². The van der Waals surface area contributed by atoms with Gasteiger partial charge in [-0.2, -0.15) is 0 Å². The first kappa shape index (κ1) is 12.5. The highest BCUT2D eigenvalue weighted by atomic mass is 35.5. The lowest BCUT2D eigenvalue weighted by atomic mass is 10.2. The van der Waals surface area contributed by atoms with Gasteiger partial charge in [0.15, 0.2) is 6.29 Å². The molecule has 0 aromatic heterocycles. The first-order chi connectivity index (χ1) is 8.72. The molecule has 0 aliphatic rings. The lowest BCUT2D eigenvalue weighted by Gasteiger charge is -2.08. The molecule has 2 aromatic carbocycles. The van der Waals surface area contributed by atoms with E-state index in [2.05, 4.69) is 0 Å². The summed E-state index contributed by atoms with van der Waals surface area (Å²) in [5, 5.41) is 0.518. The third-order valence-electron chi connectivity index (χ3n) is 2.39. The highest BCUT2D eigenvalue weighted by Gasteiger charge is 2.05.